The third kappa shape index (κ3) is 7.91. The van der Waals surface area contributed by atoms with Crippen LogP contribution in [-0.2, 0) is 14.4 Å². The molecule has 8 heteroatoms. The molecule has 0 heterocycles. The van der Waals surface area contributed by atoms with E-state index in [1.807, 2.05) is 13.8 Å². The summed E-state index contributed by atoms with van der Waals surface area (Å²) >= 11 is 0. The summed E-state index contributed by atoms with van der Waals surface area (Å²) in [5, 5.41) is 18.7. The van der Waals surface area contributed by atoms with Gasteiger partial charge in [-0.3, -0.25) is 0 Å². The summed E-state index contributed by atoms with van der Waals surface area (Å²) in [6.07, 6.45) is -0.230. The van der Waals surface area contributed by atoms with E-state index >= 15 is 0 Å². The van der Waals surface area contributed by atoms with Crippen molar-refractivity contribution in [1.82, 2.24) is 4.90 Å². The second-order valence-corrected chi connectivity index (χ2v) is 6.60. The Balaban J connectivity index is 4.29. The summed E-state index contributed by atoms with van der Waals surface area (Å²) in [6.45, 7) is 4.85. The summed E-state index contributed by atoms with van der Waals surface area (Å²) in [5.74, 6) is 0.0819. The molecule has 1 unspecified atom stereocenters. The zero-order valence-corrected chi connectivity index (χ0v) is 11.8. The molecule has 0 rings (SSSR count). The molecule has 0 spiro atoms. The van der Waals surface area contributed by atoms with Crippen LogP contribution >= 0.6 is 0 Å². The Labute approximate surface area is 109 Å². The standard InChI is InChI=1S/C10H22BNO5S/c1-9(2)3-5-12(6-7-13)10(14)4-8-18(16,17)11-15/h9-10,13-14H,3-8H2,1-2H3. The van der Waals surface area contributed by atoms with E-state index in [1.165, 1.54) is 0 Å². The van der Waals surface area contributed by atoms with E-state index in [1.54, 1.807) is 4.90 Å². The average molecular weight is 279 g/mol. The van der Waals surface area contributed by atoms with Gasteiger partial charge in [0.2, 0.25) is 0 Å². The van der Waals surface area contributed by atoms with Crippen LogP contribution in [0.1, 0.15) is 26.7 Å². The number of hydrogen-bond donors (Lipinski definition) is 2. The molecule has 0 saturated heterocycles. The maximum absolute atomic E-state index is 11.0. The first kappa shape index (κ1) is 17.7. The molecular formula is C10H22BNO5S. The van der Waals surface area contributed by atoms with Gasteiger partial charge in [0.05, 0.1) is 0 Å². The van der Waals surface area contributed by atoms with Gasteiger partial charge in [0.1, 0.15) is 0 Å². The summed E-state index contributed by atoms with van der Waals surface area (Å²) in [7, 11) is -3.72. The van der Waals surface area contributed by atoms with Gasteiger partial charge in [-0.2, -0.15) is 0 Å². The third-order valence-electron chi connectivity index (χ3n) is 2.61. The van der Waals surface area contributed by atoms with Crippen LogP contribution < -0.4 is 0 Å². The molecule has 0 aromatic heterocycles. The monoisotopic (exact) mass is 279 g/mol. The van der Waals surface area contributed by atoms with Gasteiger partial charge in [-0.05, 0) is 0 Å². The van der Waals surface area contributed by atoms with Gasteiger partial charge in [-0.15, -0.1) is 0 Å². The molecule has 2 N–H and O–H groups in total. The van der Waals surface area contributed by atoms with E-state index in [4.69, 9.17) is 5.11 Å². The summed E-state index contributed by atoms with van der Waals surface area (Å²) in [5.41, 5.74) is 0. The van der Waals surface area contributed by atoms with Crippen LogP contribution in [0.5, 0.6) is 0 Å². The molecule has 0 fully saturated rings. The van der Waals surface area contributed by atoms with E-state index < -0.39 is 15.9 Å². The molecular weight excluding hydrogens is 257 g/mol. The van der Waals surface area contributed by atoms with Crippen LogP contribution in [0.3, 0.4) is 0 Å². The van der Waals surface area contributed by atoms with E-state index in [9.17, 15) is 18.2 Å². The molecule has 0 radical (unpaired) electrons. The van der Waals surface area contributed by atoms with Crippen molar-refractivity contribution >= 4 is 16.1 Å². The number of aliphatic hydroxyl groups excluding tert-OH is 2. The van der Waals surface area contributed by atoms with Gasteiger partial charge >= 0.3 is 109 Å². The van der Waals surface area contributed by atoms with Crippen LogP contribution in [0, 0.1) is 5.92 Å². The van der Waals surface area contributed by atoms with Crippen molar-refractivity contribution in [3.8, 4) is 0 Å². The molecule has 1 atom stereocenters. The molecule has 18 heavy (non-hydrogen) atoms. The third-order valence-corrected chi connectivity index (χ3v) is 3.71. The van der Waals surface area contributed by atoms with Crippen molar-refractivity contribution in [2.75, 3.05) is 25.4 Å². The molecule has 0 aromatic carbocycles. The molecule has 6 nitrogen and oxygen atoms in total. The Bertz CT molecular complexity index is 333. The molecule has 0 aliphatic rings. The van der Waals surface area contributed by atoms with Crippen molar-refractivity contribution in [2.45, 2.75) is 32.9 Å². The molecule has 0 aliphatic carbocycles. The second kappa shape index (κ2) is 8.74. The Morgan fingerprint density at radius 3 is 2.28 bits per heavy atom. The van der Waals surface area contributed by atoms with E-state index in [-0.39, 0.29) is 31.8 Å². The van der Waals surface area contributed by atoms with Crippen LogP contribution in [0.2, 0.25) is 0 Å². The van der Waals surface area contributed by atoms with Crippen LogP contribution in [0.25, 0.3) is 0 Å². The number of hydrogen-bond acceptors (Lipinski definition) is 6. The van der Waals surface area contributed by atoms with Gasteiger partial charge in [0.25, 0.3) is 0 Å². The van der Waals surface area contributed by atoms with Crippen LogP contribution in [0.15, 0.2) is 0 Å². The van der Waals surface area contributed by atoms with Crippen molar-refractivity contribution in [1.29, 1.82) is 0 Å². The van der Waals surface area contributed by atoms with Gasteiger partial charge < -0.3 is 0 Å². The van der Waals surface area contributed by atoms with E-state index in [2.05, 4.69) is 0 Å². The van der Waals surface area contributed by atoms with Crippen molar-refractivity contribution < 1.29 is 23.3 Å². The predicted octanol–water partition coefficient (Wildman–Crippen LogP) is -0.585. The Morgan fingerprint density at radius 2 is 1.83 bits per heavy atom. The van der Waals surface area contributed by atoms with Gasteiger partial charge in [0.15, 0.2) is 0 Å². The fourth-order valence-electron chi connectivity index (χ4n) is 1.46. The number of nitrogens with zero attached hydrogens (tertiary/aromatic N) is 1. The molecule has 106 valence electrons. The minimum absolute atomic E-state index is 0.0286. The van der Waals surface area contributed by atoms with E-state index in [0.717, 1.165) is 6.42 Å². The number of aliphatic hydroxyl groups is 2. The molecule has 0 bridgehead atoms. The first-order valence-corrected chi connectivity index (χ1v) is 7.75. The Hall–Kier alpha value is -0.305. The Morgan fingerprint density at radius 1 is 1.22 bits per heavy atom. The second-order valence-electron chi connectivity index (χ2n) is 4.67. The van der Waals surface area contributed by atoms with Crippen LogP contribution in [-0.4, -0.2) is 61.6 Å². The van der Waals surface area contributed by atoms with Crippen molar-refractivity contribution in [3.05, 3.63) is 0 Å². The van der Waals surface area contributed by atoms with Crippen LogP contribution in [0.4, 0.5) is 0 Å². The quantitative estimate of drug-likeness (QED) is 0.410. The molecule has 0 aliphatic heterocycles. The maximum atomic E-state index is 11.0. The van der Waals surface area contributed by atoms with E-state index in [0.29, 0.717) is 12.5 Å². The summed E-state index contributed by atoms with van der Waals surface area (Å²) < 4.78 is 32.2. The van der Waals surface area contributed by atoms with Gasteiger partial charge in [0, 0.05) is 0 Å². The molecule has 0 aromatic rings. The zero-order valence-electron chi connectivity index (χ0n) is 10.9. The molecule has 0 saturated carbocycles. The normalized spacial score (nSPS) is 13.9. The number of rotatable bonds is 10. The fourth-order valence-corrected chi connectivity index (χ4v) is 2.10. The Kier molecular flexibility index (Phi) is 8.59. The first-order valence-electron chi connectivity index (χ1n) is 6.03. The van der Waals surface area contributed by atoms with Crippen molar-refractivity contribution in [3.63, 3.8) is 0 Å². The topological polar surface area (TPSA) is 94.9 Å². The average Bonchev–Trinajstić information content (AvgIpc) is 2.31. The first-order chi connectivity index (χ1) is 8.32. The SMILES string of the molecule is CC(C)CCN(CCO)C(O)CCS(=O)(=O)B=O. The van der Waals surface area contributed by atoms with Gasteiger partial charge in [-0.25, -0.2) is 0 Å². The summed E-state index contributed by atoms with van der Waals surface area (Å²) in [6, 6.07) is 0. The van der Waals surface area contributed by atoms with Gasteiger partial charge in [-0.1, -0.05) is 0 Å². The summed E-state index contributed by atoms with van der Waals surface area (Å²) in [4.78, 5) is 1.63. The zero-order chi connectivity index (χ0) is 14.2. The minimum atomic E-state index is -3.72. The van der Waals surface area contributed by atoms with Crippen molar-refractivity contribution in [2.24, 2.45) is 5.92 Å². The fraction of sp³-hybridized carbons (Fsp3) is 1.00. The predicted molar refractivity (Wildman–Crippen MR) is 69.0 cm³/mol. The molecule has 0 amide bonds.